The van der Waals surface area contributed by atoms with Crippen molar-refractivity contribution in [2.45, 2.75) is 13.1 Å². The average molecular weight is 391 g/mol. The van der Waals surface area contributed by atoms with Crippen molar-refractivity contribution in [1.82, 2.24) is 14.6 Å². The van der Waals surface area contributed by atoms with Crippen molar-refractivity contribution in [2.24, 2.45) is 0 Å². The topological polar surface area (TPSA) is 30.2 Å². The van der Waals surface area contributed by atoms with Gasteiger partial charge in [0.25, 0.3) is 0 Å². The van der Waals surface area contributed by atoms with E-state index in [0.29, 0.717) is 20.8 Å². The van der Waals surface area contributed by atoms with E-state index < -0.39 is 11.9 Å². The first-order chi connectivity index (χ1) is 10.3. The van der Waals surface area contributed by atoms with Gasteiger partial charge < -0.3 is 0 Å². The molecule has 0 aliphatic rings. The molecule has 0 atom stereocenters. The van der Waals surface area contributed by atoms with Gasteiger partial charge in [0.05, 0.1) is 15.9 Å². The van der Waals surface area contributed by atoms with Crippen molar-refractivity contribution in [3.05, 3.63) is 51.2 Å². The van der Waals surface area contributed by atoms with Crippen molar-refractivity contribution in [2.75, 3.05) is 0 Å². The fraction of sp³-hybridized carbons (Fsp3) is 0.143. The molecule has 0 bridgehead atoms. The molecule has 0 aliphatic carbocycles. The molecular formula is C14H8BrClF3N3. The number of benzene rings is 1. The first-order valence-corrected chi connectivity index (χ1v) is 7.34. The summed E-state index contributed by atoms with van der Waals surface area (Å²) in [5.74, 6) is 0. The van der Waals surface area contributed by atoms with E-state index >= 15 is 0 Å². The van der Waals surface area contributed by atoms with Gasteiger partial charge in [0.15, 0.2) is 11.3 Å². The Hall–Kier alpha value is -1.60. The van der Waals surface area contributed by atoms with Crippen LogP contribution in [0.2, 0.25) is 5.02 Å². The molecule has 0 spiro atoms. The first kappa shape index (κ1) is 15.3. The third-order valence-electron chi connectivity index (χ3n) is 3.13. The molecule has 3 aromatic rings. The van der Waals surface area contributed by atoms with E-state index in [1.807, 2.05) is 0 Å². The second-order valence-electron chi connectivity index (χ2n) is 4.64. The van der Waals surface area contributed by atoms with Crippen LogP contribution in [0.1, 0.15) is 11.4 Å². The lowest BCUT2D eigenvalue weighted by Crippen LogP contribution is -2.13. The fourth-order valence-electron chi connectivity index (χ4n) is 2.11. The normalized spacial score (nSPS) is 12.1. The number of halogens is 5. The number of hydrogen-bond acceptors (Lipinski definition) is 2. The van der Waals surface area contributed by atoms with Gasteiger partial charge in [0.1, 0.15) is 0 Å². The quantitative estimate of drug-likeness (QED) is 0.576. The second kappa shape index (κ2) is 5.24. The second-order valence-corrected chi connectivity index (χ2v) is 5.84. The molecule has 3 rings (SSSR count). The Kier molecular flexibility index (Phi) is 3.65. The van der Waals surface area contributed by atoms with Gasteiger partial charge >= 0.3 is 6.18 Å². The molecule has 0 amide bonds. The van der Waals surface area contributed by atoms with Crippen LogP contribution < -0.4 is 0 Å². The lowest BCUT2D eigenvalue weighted by Gasteiger charge is -2.11. The molecule has 114 valence electrons. The lowest BCUT2D eigenvalue weighted by molar-refractivity contribution is -0.142. The van der Waals surface area contributed by atoms with Gasteiger partial charge in [-0.3, -0.25) is 0 Å². The van der Waals surface area contributed by atoms with Crippen LogP contribution in [0.5, 0.6) is 0 Å². The van der Waals surface area contributed by atoms with E-state index in [1.54, 1.807) is 31.2 Å². The highest BCUT2D eigenvalue weighted by Gasteiger charge is 2.36. The SMILES string of the molecule is Cc1nn2c(C(F)(F)F)cc(-c3ccccc3Cl)nc2c1Br. The van der Waals surface area contributed by atoms with Gasteiger partial charge in [0.2, 0.25) is 0 Å². The molecule has 3 nitrogen and oxygen atoms in total. The van der Waals surface area contributed by atoms with Crippen molar-refractivity contribution in [3.8, 4) is 11.3 Å². The van der Waals surface area contributed by atoms with Crippen LogP contribution in [-0.4, -0.2) is 14.6 Å². The van der Waals surface area contributed by atoms with Crippen LogP contribution in [0.15, 0.2) is 34.8 Å². The third kappa shape index (κ3) is 2.48. The van der Waals surface area contributed by atoms with Crippen LogP contribution in [0.4, 0.5) is 13.2 Å². The maximum atomic E-state index is 13.3. The molecule has 2 aromatic heterocycles. The maximum Gasteiger partial charge on any atom is 0.433 e. The molecule has 0 N–H and O–H groups in total. The van der Waals surface area contributed by atoms with E-state index in [9.17, 15) is 13.2 Å². The smallest absolute Gasteiger partial charge is 0.227 e. The minimum Gasteiger partial charge on any atom is -0.227 e. The summed E-state index contributed by atoms with van der Waals surface area (Å²) in [5, 5.41) is 4.22. The van der Waals surface area contributed by atoms with Crippen LogP contribution >= 0.6 is 27.5 Å². The lowest BCUT2D eigenvalue weighted by atomic mass is 10.1. The monoisotopic (exact) mass is 389 g/mol. The summed E-state index contributed by atoms with van der Waals surface area (Å²) in [7, 11) is 0. The zero-order valence-corrected chi connectivity index (χ0v) is 13.5. The minimum absolute atomic E-state index is 0.0993. The zero-order valence-electron chi connectivity index (χ0n) is 11.1. The van der Waals surface area contributed by atoms with E-state index in [0.717, 1.165) is 10.6 Å². The molecule has 0 fully saturated rings. The van der Waals surface area contributed by atoms with Crippen LogP contribution in [0.25, 0.3) is 16.9 Å². The Balaban J connectivity index is 2.39. The molecule has 22 heavy (non-hydrogen) atoms. The predicted molar refractivity (Wildman–Crippen MR) is 80.9 cm³/mol. The minimum atomic E-state index is -4.56. The first-order valence-electron chi connectivity index (χ1n) is 6.17. The predicted octanol–water partition coefficient (Wildman–Crippen LogP) is 5.14. The van der Waals surface area contributed by atoms with Crippen molar-refractivity contribution < 1.29 is 13.2 Å². The van der Waals surface area contributed by atoms with E-state index in [1.165, 1.54) is 0 Å². The van der Waals surface area contributed by atoms with Crippen LogP contribution in [0, 0.1) is 6.92 Å². The molecule has 0 saturated carbocycles. The summed E-state index contributed by atoms with van der Waals surface area (Å²) < 4.78 is 41.2. The summed E-state index contributed by atoms with van der Waals surface area (Å²) in [6.45, 7) is 1.61. The van der Waals surface area contributed by atoms with Gasteiger partial charge in [-0.25, -0.2) is 9.50 Å². The number of alkyl halides is 3. The number of aryl methyl sites for hydroxylation is 1. The number of rotatable bonds is 1. The highest BCUT2D eigenvalue weighted by Crippen LogP contribution is 2.35. The van der Waals surface area contributed by atoms with Crippen molar-refractivity contribution in [3.63, 3.8) is 0 Å². The number of fused-ring (bicyclic) bond motifs is 1. The highest BCUT2D eigenvalue weighted by molar-refractivity contribution is 9.10. The highest BCUT2D eigenvalue weighted by atomic mass is 79.9. The average Bonchev–Trinajstić information content (AvgIpc) is 2.73. The van der Waals surface area contributed by atoms with Gasteiger partial charge in [0, 0.05) is 10.6 Å². The standard InChI is InChI=1S/C14H8BrClF3N3/c1-7-12(15)13-20-10(8-4-2-3-5-9(8)16)6-11(14(17,18)19)22(13)21-7/h2-6H,1H3. The number of hydrogen-bond donors (Lipinski definition) is 0. The molecule has 8 heteroatoms. The summed E-state index contributed by atoms with van der Waals surface area (Å²) in [4.78, 5) is 4.27. The van der Waals surface area contributed by atoms with Gasteiger partial charge in [-0.2, -0.15) is 18.3 Å². The largest absolute Gasteiger partial charge is 0.433 e. The van der Waals surface area contributed by atoms with Crippen LogP contribution in [-0.2, 0) is 6.18 Å². The Morgan fingerprint density at radius 3 is 2.55 bits per heavy atom. The molecule has 2 heterocycles. The van der Waals surface area contributed by atoms with E-state index in [2.05, 4.69) is 26.0 Å². The Labute approximate surface area is 136 Å². The summed E-state index contributed by atoms with van der Waals surface area (Å²) >= 11 is 9.30. The Bertz CT molecular complexity index is 874. The fourth-order valence-corrected chi connectivity index (χ4v) is 2.67. The molecule has 0 unspecified atom stereocenters. The van der Waals surface area contributed by atoms with E-state index in [-0.39, 0.29) is 11.3 Å². The molecular weight excluding hydrogens is 383 g/mol. The Morgan fingerprint density at radius 1 is 1.23 bits per heavy atom. The van der Waals surface area contributed by atoms with Crippen LogP contribution in [0.3, 0.4) is 0 Å². The van der Waals surface area contributed by atoms with Crippen molar-refractivity contribution >= 4 is 33.2 Å². The number of aromatic nitrogens is 3. The summed E-state index contributed by atoms with van der Waals surface area (Å²) in [6.07, 6.45) is -4.56. The molecule has 0 aliphatic heterocycles. The molecule has 0 saturated heterocycles. The zero-order chi connectivity index (χ0) is 16.1. The van der Waals surface area contributed by atoms with Crippen molar-refractivity contribution in [1.29, 1.82) is 0 Å². The van der Waals surface area contributed by atoms with Gasteiger partial charge in [-0.05, 0) is 35.0 Å². The summed E-state index contributed by atoms with van der Waals surface area (Å²) in [5.41, 5.74) is 0.201. The summed E-state index contributed by atoms with van der Waals surface area (Å²) in [6, 6.07) is 7.57. The Morgan fingerprint density at radius 2 is 1.91 bits per heavy atom. The third-order valence-corrected chi connectivity index (χ3v) is 4.39. The maximum absolute atomic E-state index is 13.3. The van der Waals surface area contributed by atoms with E-state index in [4.69, 9.17) is 11.6 Å². The number of nitrogens with zero attached hydrogens (tertiary/aromatic N) is 3. The molecule has 0 radical (unpaired) electrons. The molecule has 1 aromatic carbocycles. The van der Waals surface area contributed by atoms with Gasteiger partial charge in [-0.15, -0.1) is 0 Å². The van der Waals surface area contributed by atoms with Gasteiger partial charge in [-0.1, -0.05) is 29.8 Å².